The van der Waals surface area contributed by atoms with E-state index in [9.17, 15) is 5.11 Å². The average molecular weight is 255 g/mol. The standard InChI is InChI=1S/C16H33NO/c1-4-5-6-7-8-14(18)16(13-17)11-9-15(2,3)10-12-16/h14,18H,4-13,17H2,1-3H3. The summed E-state index contributed by atoms with van der Waals surface area (Å²) in [5.74, 6) is 0. The highest BCUT2D eigenvalue weighted by molar-refractivity contribution is 4.94. The molecule has 0 spiro atoms. The lowest BCUT2D eigenvalue weighted by Gasteiger charge is -2.45. The van der Waals surface area contributed by atoms with Crippen LogP contribution in [0.3, 0.4) is 0 Å². The van der Waals surface area contributed by atoms with Crippen LogP contribution in [0.25, 0.3) is 0 Å². The summed E-state index contributed by atoms with van der Waals surface area (Å²) in [5.41, 5.74) is 6.46. The van der Waals surface area contributed by atoms with E-state index in [-0.39, 0.29) is 11.5 Å². The molecule has 1 fully saturated rings. The fourth-order valence-electron chi connectivity index (χ4n) is 3.17. The fraction of sp³-hybridized carbons (Fsp3) is 1.00. The topological polar surface area (TPSA) is 46.2 Å². The number of aliphatic hydroxyl groups excluding tert-OH is 1. The van der Waals surface area contributed by atoms with Crippen molar-refractivity contribution in [3.63, 3.8) is 0 Å². The van der Waals surface area contributed by atoms with Crippen LogP contribution in [0, 0.1) is 10.8 Å². The fourth-order valence-corrected chi connectivity index (χ4v) is 3.17. The SMILES string of the molecule is CCCCCCC(O)C1(CN)CCC(C)(C)CC1. The summed E-state index contributed by atoms with van der Waals surface area (Å²) in [7, 11) is 0. The first-order chi connectivity index (χ1) is 8.46. The molecule has 2 heteroatoms. The second-order valence-corrected chi connectivity index (χ2v) is 7.10. The summed E-state index contributed by atoms with van der Waals surface area (Å²) in [6.07, 6.45) is 10.3. The van der Waals surface area contributed by atoms with Gasteiger partial charge in [-0.1, -0.05) is 46.5 Å². The van der Waals surface area contributed by atoms with Crippen molar-refractivity contribution in [1.29, 1.82) is 0 Å². The van der Waals surface area contributed by atoms with E-state index in [2.05, 4.69) is 20.8 Å². The van der Waals surface area contributed by atoms with Crippen molar-refractivity contribution in [3.8, 4) is 0 Å². The van der Waals surface area contributed by atoms with Crippen LogP contribution in [0.5, 0.6) is 0 Å². The van der Waals surface area contributed by atoms with Crippen LogP contribution in [-0.2, 0) is 0 Å². The van der Waals surface area contributed by atoms with Gasteiger partial charge in [-0.15, -0.1) is 0 Å². The lowest BCUT2D eigenvalue weighted by Crippen LogP contribution is -2.45. The van der Waals surface area contributed by atoms with Crippen molar-refractivity contribution in [3.05, 3.63) is 0 Å². The van der Waals surface area contributed by atoms with Gasteiger partial charge in [-0.2, -0.15) is 0 Å². The normalized spacial score (nSPS) is 23.8. The predicted molar refractivity (Wildman–Crippen MR) is 78.5 cm³/mol. The van der Waals surface area contributed by atoms with E-state index in [4.69, 9.17) is 5.73 Å². The summed E-state index contributed by atoms with van der Waals surface area (Å²) in [4.78, 5) is 0. The summed E-state index contributed by atoms with van der Waals surface area (Å²) >= 11 is 0. The van der Waals surface area contributed by atoms with Crippen LogP contribution in [0.1, 0.15) is 78.6 Å². The van der Waals surface area contributed by atoms with Gasteiger partial charge in [0, 0.05) is 12.0 Å². The minimum Gasteiger partial charge on any atom is -0.393 e. The van der Waals surface area contributed by atoms with Gasteiger partial charge in [-0.05, 0) is 37.5 Å². The van der Waals surface area contributed by atoms with Gasteiger partial charge >= 0.3 is 0 Å². The molecule has 1 aliphatic carbocycles. The Bertz CT molecular complexity index is 227. The molecule has 0 aromatic carbocycles. The third kappa shape index (κ3) is 4.24. The molecule has 1 aliphatic rings. The van der Waals surface area contributed by atoms with E-state index in [1.165, 1.54) is 32.1 Å². The van der Waals surface area contributed by atoms with Crippen LogP contribution in [0.4, 0.5) is 0 Å². The molecule has 1 saturated carbocycles. The zero-order valence-corrected chi connectivity index (χ0v) is 12.7. The van der Waals surface area contributed by atoms with E-state index in [0.717, 1.165) is 25.7 Å². The lowest BCUT2D eigenvalue weighted by molar-refractivity contribution is -0.0270. The molecule has 2 nitrogen and oxygen atoms in total. The third-order valence-electron chi connectivity index (χ3n) is 5.04. The van der Waals surface area contributed by atoms with Gasteiger partial charge in [0.15, 0.2) is 0 Å². The minimum absolute atomic E-state index is 0.0156. The largest absolute Gasteiger partial charge is 0.393 e. The maximum atomic E-state index is 10.5. The Morgan fingerprint density at radius 1 is 1.06 bits per heavy atom. The van der Waals surface area contributed by atoms with E-state index in [1.54, 1.807) is 0 Å². The Kier molecular flexibility index (Phi) is 6.13. The Balaban J connectivity index is 2.44. The minimum atomic E-state index is -0.185. The lowest BCUT2D eigenvalue weighted by atomic mass is 9.62. The second kappa shape index (κ2) is 6.91. The first kappa shape index (κ1) is 16.0. The van der Waals surface area contributed by atoms with Gasteiger partial charge in [-0.25, -0.2) is 0 Å². The molecule has 3 N–H and O–H groups in total. The number of unbranched alkanes of at least 4 members (excludes halogenated alkanes) is 3. The zero-order valence-electron chi connectivity index (χ0n) is 12.7. The highest BCUT2D eigenvalue weighted by Crippen LogP contribution is 2.47. The van der Waals surface area contributed by atoms with Crippen molar-refractivity contribution < 1.29 is 5.11 Å². The van der Waals surface area contributed by atoms with Crippen molar-refractivity contribution in [2.24, 2.45) is 16.6 Å². The second-order valence-electron chi connectivity index (χ2n) is 7.10. The molecule has 18 heavy (non-hydrogen) atoms. The van der Waals surface area contributed by atoms with Crippen LogP contribution in [0.2, 0.25) is 0 Å². The third-order valence-corrected chi connectivity index (χ3v) is 5.04. The molecule has 0 bridgehead atoms. The summed E-state index contributed by atoms with van der Waals surface area (Å²) in [6.45, 7) is 7.54. The average Bonchev–Trinajstić information content (AvgIpc) is 2.35. The molecule has 0 radical (unpaired) electrons. The van der Waals surface area contributed by atoms with Gasteiger partial charge < -0.3 is 10.8 Å². The maximum Gasteiger partial charge on any atom is 0.0608 e. The molecular formula is C16H33NO. The first-order valence-electron chi connectivity index (χ1n) is 7.84. The molecular weight excluding hydrogens is 222 g/mol. The van der Waals surface area contributed by atoms with E-state index in [1.807, 2.05) is 0 Å². The number of hydrogen-bond donors (Lipinski definition) is 2. The Morgan fingerprint density at radius 3 is 2.17 bits per heavy atom. The predicted octanol–water partition coefficient (Wildman–Crippen LogP) is 3.86. The van der Waals surface area contributed by atoms with Gasteiger partial charge in [0.05, 0.1) is 6.10 Å². The first-order valence-corrected chi connectivity index (χ1v) is 7.84. The molecule has 0 heterocycles. The molecule has 0 saturated heterocycles. The van der Waals surface area contributed by atoms with E-state index in [0.29, 0.717) is 12.0 Å². The van der Waals surface area contributed by atoms with Crippen LogP contribution < -0.4 is 5.73 Å². The number of nitrogens with two attached hydrogens (primary N) is 1. The Labute approximate surface area is 113 Å². The van der Waals surface area contributed by atoms with Crippen molar-refractivity contribution in [2.75, 3.05) is 6.54 Å². The summed E-state index contributed by atoms with van der Waals surface area (Å²) in [5, 5.41) is 10.5. The van der Waals surface area contributed by atoms with Gasteiger partial charge in [0.25, 0.3) is 0 Å². The van der Waals surface area contributed by atoms with Crippen LogP contribution in [0.15, 0.2) is 0 Å². The zero-order chi connectivity index (χ0) is 13.6. The molecule has 1 atom stereocenters. The monoisotopic (exact) mass is 255 g/mol. The van der Waals surface area contributed by atoms with Crippen molar-refractivity contribution in [2.45, 2.75) is 84.7 Å². The Hall–Kier alpha value is -0.0800. The summed E-state index contributed by atoms with van der Waals surface area (Å²) in [6, 6.07) is 0. The number of aliphatic hydroxyl groups is 1. The Morgan fingerprint density at radius 2 is 1.67 bits per heavy atom. The van der Waals surface area contributed by atoms with E-state index < -0.39 is 0 Å². The van der Waals surface area contributed by atoms with Gasteiger partial charge in [0.2, 0.25) is 0 Å². The van der Waals surface area contributed by atoms with Crippen molar-refractivity contribution in [1.82, 2.24) is 0 Å². The molecule has 0 aliphatic heterocycles. The summed E-state index contributed by atoms with van der Waals surface area (Å²) < 4.78 is 0. The van der Waals surface area contributed by atoms with E-state index >= 15 is 0 Å². The number of rotatable bonds is 7. The highest BCUT2D eigenvalue weighted by Gasteiger charge is 2.41. The van der Waals surface area contributed by atoms with Crippen LogP contribution in [-0.4, -0.2) is 17.8 Å². The quantitative estimate of drug-likeness (QED) is 0.678. The molecule has 0 amide bonds. The molecule has 108 valence electrons. The molecule has 1 unspecified atom stereocenters. The molecule has 1 rings (SSSR count). The van der Waals surface area contributed by atoms with Crippen LogP contribution >= 0.6 is 0 Å². The molecule has 0 aromatic heterocycles. The number of hydrogen-bond acceptors (Lipinski definition) is 2. The van der Waals surface area contributed by atoms with Crippen molar-refractivity contribution >= 4 is 0 Å². The van der Waals surface area contributed by atoms with Gasteiger partial charge in [0.1, 0.15) is 0 Å². The smallest absolute Gasteiger partial charge is 0.0608 e. The highest BCUT2D eigenvalue weighted by atomic mass is 16.3. The van der Waals surface area contributed by atoms with Gasteiger partial charge in [-0.3, -0.25) is 0 Å². The molecule has 0 aromatic rings. The maximum absolute atomic E-state index is 10.5.